The van der Waals surface area contributed by atoms with E-state index >= 15 is 0 Å². The predicted octanol–water partition coefficient (Wildman–Crippen LogP) is 0.940. The quantitative estimate of drug-likeness (QED) is 0.590. The predicted molar refractivity (Wildman–Crippen MR) is 38.3 cm³/mol. The number of rotatable bonds is 1. The van der Waals surface area contributed by atoms with Crippen molar-refractivity contribution in [2.45, 2.75) is 26.3 Å². The molecule has 0 aromatic heterocycles. The molecule has 1 heterocycles. The van der Waals surface area contributed by atoms with Gasteiger partial charge in [0.05, 0.1) is 0 Å². The third-order valence-corrected chi connectivity index (χ3v) is 1.93. The molecule has 3 heteroatoms. The van der Waals surface area contributed by atoms with Gasteiger partial charge >= 0.3 is 5.97 Å². The molecule has 0 unspecified atom stereocenters. The highest BCUT2D eigenvalue weighted by molar-refractivity contribution is 5.90. The second-order valence-electron chi connectivity index (χ2n) is 2.76. The number of aliphatic imine (C=N–C) groups is 1. The van der Waals surface area contributed by atoms with Gasteiger partial charge in [-0.3, -0.25) is 4.99 Å². The summed E-state index contributed by atoms with van der Waals surface area (Å²) in [6.45, 7) is 3.88. The summed E-state index contributed by atoms with van der Waals surface area (Å²) < 4.78 is 0. The van der Waals surface area contributed by atoms with Crippen LogP contribution in [0.2, 0.25) is 0 Å². The van der Waals surface area contributed by atoms with Crippen molar-refractivity contribution in [3.05, 3.63) is 0 Å². The van der Waals surface area contributed by atoms with E-state index < -0.39 is 12.0 Å². The molecule has 2 atom stereocenters. The number of carboxylic acids is 1. The first-order valence-corrected chi connectivity index (χ1v) is 3.38. The first-order chi connectivity index (χ1) is 4.61. The van der Waals surface area contributed by atoms with Crippen LogP contribution in [-0.2, 0) is 4.79 Å². The lowest BCUT2D eigenvalue weighted by atomic mass is 10.0. The number of hydrogen-bond donors (Lipinski definition) is 1. The lowest BCUT2D eigenvalue weighted by molar-refractivity contribution is -0.138. The van der Waals surface area contributed by atoms with Gasteiger partial charge in [-0.25, -0.2) is 4.79 Å². The van der Waals surface area contributed by atoms with Crippen LogP contribution in [0.15, 0.2) is 4.99 Å². The molecule has 0 saturated heterocycles. The summed E-state index contributed by atoms with van der Waals surface area (Å²) in [7, 11) is 0. The molecule has 0 amide bonds. The summed E-state index contributed by atoms with van der Waals surface area (Å²) in [5.74, 6) is -0.454. The Morgan fingerprint density at radius 2 is 2.40 bits per heavy atom. The Hall–Kier alpha value is -0.860. The van der Waals surface area contributed by atoms with Crippen LogP contribution in [0.4, 0.5) is 0 Å². The van der Waals surface area contributed by atoms with Crippen LogP contribution >= 0.6 is 0 Å². The zero-order valence-corrected chi connectivity index (χ0v) is 6.16. The average Bonchev–Trinajstić information content (AvgIpc) is 2.13. The van der Waals surface area contributed by atoms with Crippen LogP contribution in [0.25, 0.3) is 0 Å². The van der Waals surface area contributed by atoms with Crippen molar-refractivity contribution in [1.82, 2.24) is 0 Å². The number of aliphatic carboxylic acids is 1. The van der Waals surface area contributed by atoms with E-state index in [-0.39, 0.29) is 0 Å². The fourth-order valence-corrected chi connectivity index (χ4v) is 1.09. The molecule has 0 radical (unpaired) electrons. The molecule has 0 aromatic rings. The molecule has 0 aliphatic carbocycles. The van der Waals surface area contributed by atoms with Crippen molar-refractivity contribution >= 4 is 11.7 Å². The minimum atomic E-state index is -0.802. The van der Waals surface area contributed by atoms with Crippen LogP contribution < -0.4 is 0 Å². The molecule has 0 fully saturated rings. The Kier molecular flexibility index (Phi) is 1.74. The zero-order valence-electron chi connectivity index (χ0n) is 6.16. The van der Waals surface area contributed by atoms with E-state index in [1.165, 1.54) is 0 Å². The summed E-state index contributed by atoms with van der Waals surface area (Å²) >= 11 is 0. The van der Waals surface area contributed by atoms with E-state index in [0.29, 0.717) is 12.3 Å². The van der Waals surface area contributed by atoms with Crippen molar-refractivity contribution in [1.29, 1.82) is 0 Å². The second kappa shape index (κ2) is 2.40. The van der Waals surface area contributed by atoms with Gasteiger partial charge < -0.3 is 5.11 Å². The molecular formula is C7H11NO2. The fraction of sp³-hybridized carbons (Fsp3) is 0.714. The molecule has 56 valence electrons. The molecule has 1 aliphatic rings. The monoisotopic (exact) mass is 141 g/mol. The minimum absolute atomic E-state index is 0.348. The topological polar surface area (TPSA) is 49.7 Å². The van der Waals surface area contributed by atoms with Gasteiger partial charge in [0, 0.05) is 5.71 Å². The average molecular weight is 141 g/mol. The summed E-state index contributed by atoms with van der Waals surface area (Å²) in [4.78, 5) is 14.4. The van der Waals surface area contributed by atoms with Crippen LogP contribution in [-0.4, -0.2) is 22.8 Å². The highest BCUT2D eigenvalue weighted by atomic mass is 16.4. The number of carboxylic acid groups (broad SMARTS) is 1. The molecule has 1 aliphatic heterocycles. The summed E-state index contributed by atoms with van der Waals surface area (Å²) in [6.07, 6.45) is 0.668. The Labute approximate surface area is 59.8 Å². The SMILES string of the molecule is CC1=N[C@H](C(=O)O)C[C@@H]1C. The molecule has 1 rings (SSSR count). The normalized spacial score (nSPS) is 32.0. The van der Waals surface area contributed by atoms with Gasteiger partial charge in [0.25, 0.3) is 0 Å². The van der Waals surface area contributed by atoms with Gasteiger partial charge in [-0.15, -0.1) is 0 Å². The summed E-state index contributed by atoms with van der Waals surface area (Å²) in [5.41, 5.74) is 0.965. The van der Waals surface area contributed by atoms with Gasteiger partial charge in [-0.05, 0) is 19.3 Å². The van der Waals surface area contributed by atoms with Crippen molar-refractivity contribution in [3.8, 4) is 0 Å². The lowest BCUT2D eigenvalue weighted by Crippen LogP contribution is -2.15. The molecule has 0 spiro atoms. The minimum Gasteiger partial charge on any atom is -0.480 e. The molecule has 1 N–H and O–H groups in total. The van der Waals surface area contributed by atoms with Crippen molar-refractivity contribution in [2.75, 3.05) is 0 Å². The maximum absolute atomic E-state index is 10.4. The zero-order chi connectivity index (χ0) is 7.72. The van der Waals surface area contributed by atoms with Crippen LogP contribution in [0.3, 0.4) is 0 Å². The Bertz CT molecular complexity index is 186. The third-order valence-electron chi connectivity index (χ3n) is 1.93. The standard InChI is InChI=1S/C7H11NO2/c1-4-3-6(7(9)10)8-5(4)2/h4,6H,3H2,1-2H3,(H,9,10)/t4-,6-/m0/s1. The molecule has 3 nitrogen and oxygen atoms in total. The van der Waals surface area contributed by atoms with Crippen LogP contribution in [0.5, 0.6) is 0 Å². The van der Waals surface area contributed by atoms with Gasteiger partial charge in [0.2, 0.25) is 0 Å². The van der Waals surface area contributed by atoms with Gasteiger partial charge in [0.1, 0.15) is 6.04 Å². The Morgan fingerprint density at radius 1 is 1.80 bits per heavy atom. The van der Waals surface area contributed by atoms with Crippen molar-refractivity contribution < 1.29 is 9.90 Å². The Morgan fingerprint density at radius 3 is 2.60 bits per heavy atom. The fourth-order valence-electron chi connectivity index (χ4n) is 1.09. The maximum atomic E-state index is 10.4. The molecule has 10 heavy (non-hydrogen) atoms. The first kappa shape index (κ1) is 7.25. The van der Waals surface area contributed by atoms with Gasteiger partial charge in [0.15, 0.2) is 0 Å². The highest BCUT2D eigenvalue weighted by Crippen LogP contribution is 2.19. The molecule has 0 saturated carbocycles. The summed E-state index contributed by atoms with van der Waals surface area (Å²) in [6, 6.07) is -0.477. The lowest BCUT2D eigenvalue weighted by Gasteiger charge is -1.99. The Balaban J connectivity index is 2.65. The van der Waals surface area contributed by atoms with E-state index in [0.717, 1.165) is 5.71 Å². The van der Waals surface area contributed by atoms with Crippen LogP contribution in [0, 0.1) is 5.92 Å². The summed E-state index contributed by atoms with van der Waals surface area (Å²) in [5, 5.41) is 8.54. The number of hydrogen-bond acceptors (Lipinski definition) is 2. The second-order valence-corrected chi connectivity index (χ2v) is 2.76. The maximum Gasteiger partial charge on any atom is 0.328 e. The van der Waals surface area contributed by atoms with Crippen LogP contribution in [0.1, 0.15) is 20.3 Å². The van der Waals surface area contributed by atoms with Crippen molar-refractivity contribution in [3.63, 3.8) is 0 Å². The van der Waals surface area contributed by atoms with Gasteiger partial charge in [-0.2, -0.15) is 0 Å². The van der Waals surface area contributed by atoms with E-state index in [1.807, 2.05) is 13.8 Å². The highest BCUT2D eigenvalue weighted by Gasteiger charge is 2.26. The number of nitrogens with zero attached hydrogens (tertiary/aromatic N) is 1. The van der Waals surface area contributed by atoms with Gasteiger partial charge in [-0.1, -0.05) is 6.92 Å². The number of carbonyl (C=O) groups is 1. The molecular weight excluding hydrogens is 130 g/mol. The van der Waals surface area contributed by atoms with Crippen molar-refractivity contribution in [2.24, 2.45) is 10.9 Å². The van der Waals surface area contributed by atoms with E-state index in [1.54, 1.807) is 0 Å². The van der Waals surface area contributed by atoms with E-state index in [2.05, 4.69) is 4.99 Å². The van der Waals surface area contributed by atoms with E-state index in [4.69, 9.17) is 5.11 Å². The smallest absolute Gasteiger partial charge is 0.328 e. The largest absolute Gasteiger partial charge is 0.480 e. The molecule has 0 aromatic carbocycles. The third kappa shape index (κ3) is 1.17. The first-order valence-electron chi connectivity index (χ1n) is 3.38. The van der Waals surface area contributed by atoms with E-state index in [9.17, 15) is 4.79 Å². The molecule has 0 bridgehead atoms.